The Morgan fingerprint density at radius 2 is 0.517 bits per heavy atom. The SMILES string of the molecule is Fc1c(F)c(F)c(C(F)(F)BC(F)(F)c2c(F)c(F)c(F)c(F)c2F)c(F)c1F. The highest BCUT2D eigenvalue weighted by atomic mass is 19.3. The van der Waals surface area contributed by atoms with E-state index < -0.39 is 88.2 Å². The molecular weight excluding hydrogens is 445 g/mol. The molecule has 0 aliphatic carbocycles. The van der Waals surface area contributed by atoms with Gasteiger partial charge in [-0.05, 0) is 0 Å². The van der Waals surface area contributed by atoms with Crippen LogP contribution in [0.25, 0.3) is 0 Å². The zero-order chi connectivity index (χ0) is 22.6. The Balaban J connectivity index is 2.68. The van der Waals surface area contributed by atoms with E-state index in [2.05, 4.69) is 0 Å². The predicted molar refractivity (Wildman–Crippen MR) is 67.4 cm³/mol. The lowest BCUT2D eigenvalue weighted by Gasteiger charge is -2.24. The van der Waals surface area contributed by atoms with Gasteiger partial charge < -0.3 is 0 Å². The van der Waals surface area contributed by atoms with Crippen LogP contribution in [0.15, 0.2) is 0 Å². The molecule has 0 unspecified atom stereocenters. The van der Waals surface area contributed by atoms with Gasteiger partial charge in [-0.15, -0.1) is 0 Å². The number of hydrogen-bond donors (Lipinski definition) is 0. The molecule has 2 aromatic rings. The van der Waals surface area contributed by atoms with Crippen molar-refractivity contribution in [3.8, 4) is 0 Å². The van der Waals surface area contributed by atoms with Gasteiger partial charge in [-0.3, -0.25) is 0 Å². The molecule has 0 saturated heterocycles. The summed E-state index contributed by atoms with van der Waals surface area (Å²) in [6.45, 7) is 0. The highest BCUT2D eigenvalue weighted by molar-refractivity contribution is 6.41. The van der Waals surface area contributed by atoms with Crippen molar-refractivity contribution in [1.82, 2.24) is 0 Å². The highest BCUT2D eigenvalue weighted by Gasteiger charge is 2.54. The summed E-state index contributed by atoms with van der Waals surface area (Å²) in [4.78, 5) is 0. The lowest BCUT2D eigenvalue weighted by atomic mass is 9.59. The second-order valence-electron chi connectivity index (χ2n) is 5.48. The van der Waals surface area contributed by atoms with Crippen LogP contribution in [0.3, 0.4) is 0 Å². The van der Waals surface area contributed by atoms with Gasteiger partial charge in [0.1, 0.15) is 0 Å². The normalized spacial score (nSPS) is 12.5. The fourth-order valence-electron chi connectivity index (χ4n) is 2.31. The van der Waals surface area contributed by atoms with Crippen molar-refractivity contribution in [2.75, 3.05) is 0 Å². The first-order chi connectivity index (χ1) is 13.1. The monoisotopic (exact) mass is 446 g/mol. The van der Waals surface area contributed by atoms with Crippen molar-refractivity contribution >= 4 is 7.28 Å². The third kappa shape index (κ3) is 3.50. The molecule has 29 heavy (non-hydrogen) atoms. The van der Waals surface area contributed by atoms with Crippen LogP contribution in [0, 0.1) is 58.2 Å². The molecular formula is C14HBF14. The van der Waals surface area contributed by atoms with Crippen LogP contribution >= 0.6 is 0 Å². The lowest BCUT2D eigenvalue weighted by Crippen LogP contribution is -2.39. The van der Waals surface area contributed by atoms with Gasteiger partial charge in [-0.1, -0.05) is 0 Å². The second-order valence-corrected chi connectivity index (χ2v) is 5.48. The molecule has 0 aromatic heterocycles. The molecule has 0 aliphatic rings. The van der Waals surface area contributed by atoms with E-state index in [0.29, 0.717) is 0 Å². The van der Waals surface area contributed by atoms with Crippen LogP contribution in [0.5, 0.6) is 0 Å². The Kier molecular flexibility index (Phi) is 5.58. The van der Waals surface area contributed by atoms with Crippen LogP contribution < -0.4 is 0 Å². The Morgan fingerprint density at radius 3 is 0.724 bits per heavy atom. The second kappa shape index (κ2) is 7.09. The fourth-order valence-corrected chi connectivity index (χ4v) is 2.31. The number of rotatable bonds is 4. The maximum atomic E-state index is 14.0. The molecule has 2 rings (SSSR count). The Hall–Kier alpha value is -2.48. The minimum Gasteiger partial charge on any atom is -0.212 e. The first-order valence-electron chi connectivity index (χ1n) is 6.85. The average molecular weight is 446 g/mol. The predicted octanol–water partition coefficient (Wildman–Crippen LogP) is 5.31. The first kappa shape index (κ1) is 22.8. The molecule has 0 N–H and O–H groups in total. The first-order valence-corrected chi connectivity index (χ1v) is 6.85. The van der Waals surface area contributed by atoms with Gasteiger partial charge in [0, 0.05) is 0 Å². The molecule has 0 nitrogen and oxygen atoms in total. The van der Waals surface area contributed by atoms with Crippen molar-refractivity contribution in [1.29, 1.82) is 0 Å². The lowest BCUT2D eigenvalue weighted by molar-refractivity contribution is 0.0260. The van der Waals surface area contributed by atoms with Gasteiger partial charge in [-0.2, -0.15) is 0 Å². The maximum Gasteiger partial charge on any atom is 0.310 e. The molecule has 0 saturated carbocycles. The van der Waals surface area contributed by atoms with E-state index in [9.17, 15) is 61.5 Å². The van der Waals surface area contributed by atoms with Gasteiger partial charge in [0.05, 0.1) is 11.1 Å². The molecule has 0 amide bonds. The number of alkyl halides is 4. The van der Waals surface area contributed by atoms with E-state index in [4.69, 9.17) is 0 Å². The topological polar surface area (TPSA) is 0 Å². The summed E-state index contributed by atoms with van der Waals surface area (Å²) in [6.07, 6.45) is 0. The van der Waals surface area contributed by atoms with Gasteiger partial charge in [-0.25, -0.2) is 61.5 Å². The molecule has 0 spiro atoms. The van der Waals surface area contributed by atoms with E-state index >= 15 is 0 Å². The van der Waals surface area contributed by atoms with Crippen molar-refractivity contribution in [2.45, 2.75) is 11.6 Å². The van der Waals surface area contributed by atoms with Gasteiger partial charge in [0.2, 0.25) is 23.3 Å². The van der Waals surface area contributed by atoms with Crippen LogP contribution in [-0.2, 0) is 11.6 Å². The zero-order valence-electron chi connectivity index (χ0n) is 13.0. The van der Waals surface area contributed by atoms with E-state index in [0.717, 1.165) is 0 Å². The number of benzene rings is 2. The number of halogens is 14. The third-order valence-electron chi connectivity index (χ3n) is 3.60. The van der Waals surface area contributed by atoms with Crippen molar-refractivity contribution in [3.63, 3.8) is 0 Å². The number of hydrogen-bond acceptors (Lipinski definition) is 0. The molecule has 0 bridgehead atoms. The van der Waals surface area contributed by atoms with E-state index in [1.807, 2.05) is 0 Å². The molecule has 0 heterocycles. The van der Waals surface area contributed by atoms with Crippen LogP contribution in [0.1, 0.15) is 11.1 Å². The zero-order valence-corrected chi connectivity index (χ0v) is 13.0. The van der Waals surface area contributed by atoms with Gasteiger partial charge in [0.15, 0.2) is 46.5 Å². The minimum absolute atomic E-state index is 2.91. The standard InChI is InChI=1S/C14HBF14/c16-3-1(4(17)8(21)11(24)7(3)20)13(26,27)15-14(28,29)2-5(18)9(22)12(25)10(23)6(2)19/h15H. The van der Waals surface area contributed by atoms with E-state index in [1.54, 1.807) is 0 Å². The van der Waals surface area contributed by atoms with Crippen LogP contribution in [0.2, 0.25) is 0 Å². The Morgan fingerprint density at radius 1 is 0.345 bits per heavy atom. The smallest absolute Gasteiger partial charge is 0.212 e. The summed E-state index contributed by atoms with van der Waals surface area (Å²) in [6, 6.07) is 0. The molecule has 158 valence electrons. The average Bonchev–Trinajstić information content (AvgIpc) is 2.60. The van der Waals surface area contributed by atoms with Crippen LogP contribution in [-0.4, -0.2) is 7.28 Å². The maximum absolute atomic E-state index is 14.0. The quantitative estimate of drug-likeness (QED) is 0.259. The summed E-state index contributed by atoms with van der Waals surface area (Å²) < 4.78 is 188. The highest BCUT2D eigenvalue weighted by Crippen LogP contribution is 2.43. The molecule has 0 fully saturated rings. The van der Waals surface area contributed by atoms with Crippen molar-refractivity contribution < 1.29 is 61.5 Å². The largest absolute Gasteiger partial charge is 0.310 e. The summed E-state index contributed by atoms with van der Waals surface area (Å²) in [5.41, 5.74) is -6.17. The van der Waals surface area contributed by atoms with E-state index in [1.165, 1.54) is 0 Å². The Bertz CT molecular complexity index is 861. The Labute approximate surface area is 151 Å². The molecule has 0 aliphatic heterocycles. The molecule has 0 atom stereocenters. The summed E-state index contributed by atoms with van der Waals surface area (Å²) in [7, 11) is -3.41. The molecule has 2 aromatic carbocycles. The molecule has 0 radical (unpaired) electrons. The van der Waals surface area contributed by atoms with E-state index in [-0.39, 0.29) is 0 Å². The molecule has 15 heteroatoms. The summed E-state index contributed by atoms with van der Waals surface area (Å²) in [5.74, 6) is -42.0. The third-order valence-corrected chi connectivity index (χ3v) is 3.60. The summed E-state index contributed by atoms with van der Waals surface area (Å²) >= 11 is 0. The summed E-state index contributed by atoms with van der Waals surface area (Å²) in [5, 5.41) is 0. The van der Waals surface area contributed by atoms with Crippen molar-refractivity contribution in [3.05, 3.63) is 69.3 Å². The van der Waals surface area contributed by atoms with Crippen molar-refractivity contribution in [2.24, 2.45) is 0 Å². The van der Waals surface area contributed by atoms with Gasteiger partial charge >= 0.3 is 7.28 Å². The van der Waals surface area contributed by atoms with Crippen LogP contribution in [0.4, 0.5) is 61.5 Å². The fraction of sp³-hybridized carbons (Fsp3) is 0.143. The minimum atomic E-state index is -5.72. The van der Waals surface area contributed by atoms with Gasteiger partial charge in [0.25, 0.3) is 0 Å².